The Morgan fingerprint density at radius 1 is 0.981 bits per heavy atom. The zero-order chi connectivity index (χ0) is 37.4. The third kappa shape index (κ3) is 7.95. The number of rotatable bonds is 17. The summed E-state index contributed by atoms with van der Waals surface area (Å²) in [5.41, 5.74) is 2.73. The third-order valence-corrected chi connectivity index (χ3v) is 10.9. The number of amides is 1. The molecule has 0 saturated heterocycles. The lowest BCUT2D eigenvalue weighted by molar-refractivity contribution is -0.253. The lowest BCUT2D eigenvalue weighted by atomic mass is 9.55. The van der Waals surface area contributed by atoms with Crippen molar-refractivity contribution < 1.29 is 38.8 Å². The van der Waals surface area contributed by atoms with Crippen LogP contribution in [0.1, 0.15) is 70.3 Å². The molecule has 1 aliphatic heterocycles. The van der Waals surface area contributed by atoms with Gasteiger partial charge in [0.15, 0.2) is 0 Å². The number of likely N-dealkylation sites (N-methyl/N-ethyl adjacent to an activating group) is 1. The van der Waals surface area contributed by atoms with Crippen LogP contribution < -0.4 is 9.47 Å². The van der Waals surface area contributed by atoms with E-state index in [9.17, 15) is 15.0 Å². The average Bonchev–Trinajstić information content (AvgIpc) is 3.17. The molecule has 3 aliphatic rings. The SMILES string of the molecule is C=CCO[C@@]12Oc3ccc(Oc4ccc5ccccc5c4)cc3[C@H]3[C@H](CCCCO)[C@@H](CCCCO)C=C(C(=NOCC)C[C@@H]1N(C)C(=O)OCC)[C@H]32. The Morgan fingerprint density at radius 3 is 2.45 bits per heavy atom. The minimum atomic E-state index is -1.32. The molecule has 2 N–H and O–H groups in total. The maximum Gasteiger partial charge on any atom is 0.409 e. The fourth-order valence-corrected chi connectivity index (χ4v) is 8.65. The standard InChI is InChI=1S/C43H54N2O8/c1-5-24-50-43-39(45(4)42(48)49-6-2)28-37(44-51-7-3)35-26-31(16-10-12-22-46)34(17-11-13-23-47)40(41(35)43)36-27-33(20-21-38(36)53-43)52-32-19-18-29-14-8-9-15-30(29)25-32/h5,8-9,14-15,18-21,25-27,31,34,39-41,46-47H,1,6-7,10-13,16-17,22-24,28H2,2-4H3/t31-,34+,39-,40+,41+,43+/m0/s1. The summed E-state index contributed by atoms with van der Waals surface area (Å²) in [6.45, 7) is 8.71. The van der Waals surface area contributed by atoms with E-state index in [1.165, 1.54) is 0 Å². The zero-order valence-electron chi connectivity index (χ0n) is 31.2. The van der Waals surface area contributed by atoms with Crippen LogP contribution >= 0.6 is 0 Å². The van der Waals surface area contributed by atoms with Gasteiger partial charge in [-0.15, -0.1) is 6.58 Å². The Bertz CT molecular complexity index is 1790. The van der Waals surface area contributed by atoms with Gasteiger partial charge in [-0.25, -0.2) is 4.79 Å². The molecular formula is C43H54N2O8. The van der Waals surface area contributed by atoms with Gasteiger partial charge in [0.25, 0.3) is 0 Å². The molecule has 10 heteroatoms. The molecule has 0 unspecified atom stereocenters. The van der Waals surface area contributed by atoms with Crippen LogP contribution in [0.25, 0.3) is 10.8 Å². The third-order valence-electron chi connectivity index (χ3n) is 10.9. The van der Waals surface area contributed by atoms with Crippen LogP contribution in [0, 0.1) is 17.8 Å². The molecule has 0 bridgehead atoms. The highest BCUT2D eigenvalue weighted by atomic mass is 16.7. The molecule has 10 nitrogen and oxygen atoms in total. The van der Waals surface area contributed by atoms with Crippen LogP contribution in [0.15, 0.2) is 90.1 Å². The lowest BCUT2D eigenvalue weighted by Gasteiger charge is -2.59. The Kier molecular flexibility index (Phi) is 12.8. The Balaban J connectivity index is 1.55. The van der Waals surface area contributed by atoms with Gasteiger partial charge in [0.2, 0.25) is 5.79 Å². The summed E-state index contributed by atoms with van der Waals surface area (Å²) < 4.78 is 26.1. The smallest absolute Gasteiger partial charge is 0.409 e. The van der Waals surface area contributed by atoms with Crippen molar-refractivity contribution >= 4 is 22.6 Å². The van der Waals surface area contributed by atoms with E-state index >= 15 is 0 Å². The number of nitrogens with zero attached hydrogens (tertiary/aromatic N) is 2. The van der Waals surface area contributed by atoms with Crippen molar-refractivity contribution in [2.45, 2.75) is 76.5 Å². The van der Waals surface area contributed by atoms with Gasteiger partial charge in [-0.2, -0.15) is 0 Å². The second-order valence-corrected chi connectivity index (χ2v) is 14.1. The van der Waals surface area contributed by atoms with Crippen LogP contribution in [0.2, 0.25) is 0 Å². The highest BCUT2D eigenvalue weighted by Crippen LogP contribution is 2.62. The van der Waals surface area contributed by atoms with Crippen LogP contribution in [-0.4, -0.2) is 78.8 Å². The summed E-state index contributed by atoms with van der Waals surface area (Å²) in [5.74, 6) is 0.459. The van der Waals surface area contributed by atoms with E-state index in [0.717, 1.165) is 59.1 Å². The van der Waals surface area contributed by atoms with Gasteiger partial charge in [0.05, 0.1) is 24.8 Å². The van der Waals surface area contributed by atoms with Crippen molar-refractivity contribution in [2.24, 2.45) is 22.9 Å². The molecule has 1 amide bonds. The number of carbonyl (C=O) groups excluding carboxylic acids is 1. The van der Waals surface area contributed by atoms with Gasteiger partial charge in [-0.05, 0) is 98.0 Å². The van der Waals surface area contributed by atoms with Crippen LogP contribution in [0.3, 0.4) is 0 Å². The number of carbonyl (C=O) groups is 1. The number of aliphatic hydroxyl groups excluding tert-OH is 2. The number of aliphatic hydroxyl groups is 2. The number of unbranched alkanes of at least 4 members (excludes halogenated alkanes) is 2. The fraction of sp³-hybridized carbons (Fsp3) is 0.488. The minimum absolute atomic E-state index is 0.110. The molecule has 3 aromatic rings. The largest absolute Gasteiger partial charge is 0.459 e. The molecule has 1 heterocycles. The van der Waals surface area contributed by atoms with Gasteiger partial charge in [0, 0.05) is 38.2 Å². The highest BCUT2D eigenvalue weighted by molar-refractivity contribution is 6.03. The van der Waals surface area contributed by atoms with Crippen LogP contribution in [-0.2, 0) is 14.3 Å². The molecule has 1 fully saturated rings. The topological polar surface area (TPSA) is 119 Å². The number of oxime groups is 1. The molecule has 284 valence electrons. The van der Waals surface area contributed by atoms with Crippen molar-refractivity contribution in [2.75, 3.05) is 40.1 Å². The van der Waals surface area contributed by atoms with E-state index in [0.29, 0.717) is 37.4 Å². The van der Waals surface area contributed by atoms with Crippen molar-refractivity contribution in [3.05, 3.63) is 90.5 Å². The molecule has 1 saturated carbocycles. The Morgan fingerprint density at radius 2 is 1.72 bits per heavy atom. The summed E-state index contributed by atoms with van der Waals surface area (Å²) in [5, 5.41) is 26.5. The van der Waals surface area contributed by atoms with E-state index in [-0.39, 0.29) is 44.2 Å². The van der Waals surface area contributed by atoms with E-state index in [4.69, 9.17) is 23.8 Å². The number of ether oxygens (including phenoxy) is 4. The van der Waals surface area contributed by atoms with E-state index < -0.39 is 23.8 Å². The van der Waals surface area contributed by atoms with Crippen molar-refractivity contribution in [1.82, 2.24) is 4.90 Å². The van der Waals surface area contributed by atoms with E-state index in [1.807, 2.05) is 43.3 Å². The van der Waals surface area contributed by atoms with Crippen molar-refractivity contribution in [3.8, 4) is 17.2 Å². The second kappa shape index (κ2) is 17.6. The molecule has 0 radical (unpaired) electrons. The van der Waals surface area contributed by atoms with Gasteiger partial charge in [0.1, 0.15) is 29.9 Å². The number of fused-ring (bicyclic) bond motifs is 3. The Hall–Kier alpha value is -4.38. The molecule has 6 atom stereocenters. The highest BCUT2D eigenvalue weighted by Gasteiger charge is 2.65. The monoisotopic (exact) mass is 726 g/mol. The number of hydrogen-bond donors (Lipinski definition) is 2. The summed E-state index contributed by atoms with van der Waals surface area (Å²) >= 11 is 0. The molecule has 2 aliphatic carbocycles. The summed E-state index contributed by atoms with van der Waals surface area (Å²) in [4.78, 5) is 20.8. The first-order valence-corrected chi connectivity index (χ1v) is 19.2. The predicted octanol–water partition coefficient (Wildman–Crippen LogP) is 8.37. The minimum Gasteiger partial charge on any atom is -0.459 e. The maximum atomic E-state index is 13.5. The summed E-state index contributed by atoms with van der Waals surface area (Å²) in [6, 6.07) is 19.6. The van der Waals surface area contributed by atoms with Crippen molar-refractivity contribution in [3.63, 3.8) is 0 Å². The number of hydrogen-bond acceptors (Lipinski definition) is 9. The Labute approximate surface area is 313 Å². The summed E-state index contributed by atoms with van der Waals surface area (Å²) in [7, 11) is 1.72. The normalized spacial score (nSPS) is 25.1. The summed E-state index contributed by atoms with van der Waals surface area (Å²) in [6.07, 6.45) is 8.67. The first-order valence-electron chi connectivity index (χ1n) is 19.2. The molecule has 0 spiro atoms. The van der Waals surface area contributed by atoms with E-state index in [1.54, 1.807) is 24.9 Å². The van der Waals surface area contributed by atoms with Gasteiger partial charge < -0.3 is 38.9 Å². The molecule has 6 rings (SSSR count). The molecule has 0 aromatic heterocycles. The molecule has 53 heavy (non-hydrogen) atoms. The lowest BCUT2D eigenvalue weighted by Crippen LogP contribution is -2.69. The first-order chi connectivity index (χ1) is 25.9. The van der Waals surface area contributed by atoms with Crippen LogP contribution in [0.4, 0.5) is 4.79 Å². The van der Waals surface area contributed by atoms with E-state index in [2.05, 4.69) is 42.1 Å². The average molecular weight is 727 g/mol. The fourth-order valence-electron chi connectivity index (χ4n) is 8.65. The first kappa shape index (κ1) is 38.3. The number of allylic oxidation sites excluding steroid dienone is 1. The van der Waals surface area contributed by atoms with Gasteiger partial charge >= 0.3 is 6.09 Å². The zero-order valence-corrected chi connectivity index (χ0v) is 31.2. The van der Waals surface area contributed by atoms with Crippen LogP contribution in [0.5, 0.6) is 17.2 Å². The quantitative estimate of drug-likeness (QED) is 0.0810. The molecule has 3 aromatic carbocycles. The number of benzene rings is 3. The predicted molar refractivity (Wildman–Crippen MR) is 205 cm³/mol. The van der Waals surface area contributed by atoms with Gasteiger partial charge in [-0.1, -0.05) is 60.5 Å². The second-order valence-electron chi connectivity index (χ2n) is 14.1. The van der Waals surface area contributed by atoms with Gasteiger partial charge in [-0.3, -0.25) is 0 Å². The molecular weight excluding hydrogens is 672 g/mol. The van der Waals surface area contributed by atoms with Crippen molar-refractivity contribution in [1.29, 1.82) is 0 Å². The maximum absolute atomic E-state index is 13.5.